The molecule has 5 nitrogen and oxygen atoms in total. The van der Waals surface area contributed by atoms with Crippen molar-refractivity contribution in [1.29, 1.82) is 0 Å². The van der Waals surface area contributed by atoms with Gasteiger partial charge in [-0.25, -0.2) is 4.98 Å². The molecule has 0 N–H and O–H groups in total. The standard InChI is InChI=1S/C18H16N2O3/c1-2-20-14-6-4-3-5-13(14)19-17(18(20)21)12-7-8-15-16(11-12)23-10-9-22-15/h3-8,11H,2,9-10H2,1H3. The van der Waals surface area contributed by atoms with E-state index in [1.165, 1.54) is 0 Å². The van der Waals surface area contributed by atoms with Crippen LogP contribution >= 0.6 is 0 Å². The maximum Gasteiger partial charge on any atom is 0.277 e. The molecule has 0 atom stereocenters. The van der Waals surface area contributed by atoms with Gasteiger partial charge in [0.25, 0.3) is 5.56 Å². The van der Waals surface area contributed by atoms with E-state index in [1.807, 2.05) is 49.4 Å². The molecule has 0 fully saturated rings. The molecular weight excluding hydrogens is 292 g/mol. The first-order valence-electron chi connectivity index (χ1n) is 7.67. The summed E-state index contributed by atoms with van der Waals surface area (Å²) >= 11 is 0. The number of nitrogens with zero attached hydrogens (tertiary/aromatic N) is 2. The number of para-hydroxylation sites is 2. The molecule has 0 spiro atoms. The van der Waals surface area contributed by atoms with Gasteiger partial charge in [-0.2, -0.15) is 0 Å². The fourth-order valence-electron chi connectivity index (χ4n) is 2.89. The van der Waals surface area contributed by atoms with Gasteiger partial charge >= 0.3 is 0 Å². The number of fused-ring (bicyclic) bond motifs is 2. The molecule has 2 aromatic carbocycles. The molecular formula is C18H16N2O3. The summed E-state index contributed by atoms with van der Waals surface area (Å²) < 4.78 is 12.9. The highest BCUT2D eigenvalue weighted by molar-refractivity contribution is 5.78. The van der Waals surface area contributed by atoms with Crippen LogP contribution in [0.4, 0.5) is 0 Å². The third-order valence-corrected chi connectivity index (χ3v) is 3.98. The number of rotatable bonds is 2. The summed E-state index contributed by atoms with van der Waals surface area (Å²) in [6.45, 7) is 3.62. The Morgan fingerprint density at radius 3 is 2.70 bits per heavy atom. The minimum absolute atomic E-state index is 0.0946. The first-order chi connectivity index (χ1) is 11.3. The van der Waals surface area contributed by atoms with E-state index in [9.17, 15) is 4.79 Å². The van der Waals surface area contributed by atoms with Crippen LogP contribution in [0.1, 0.15) is 6.92 Å². The van der Waals surface area contributed by atoms with Crippen molar-refractivity contribution in [3.63, 3.8) is 0 Å². The second-order valence-electron chi connectivity index (χ2n) is 5.36. The molecule has 0 radical (unpaired) electrons. The second kappa shape index (κ2) is 5.43. The lowest BCUT2D eigenvalue weighted by molar-refractivity contribution is 0.171. The molecule has 0 saturated carbocycles. The molecule has 3 aromatic rings. The lowest BCUT2D eigenvalue weighted by Gasteiger charge is -2.19. The van der Waals surface area contributed by atoms with E-state index in [1.54, 1.807) is 4.57 Å². The molecule has 2 heterocycles. The zero-order chi connectivity index (χ0) is 15.8. The van der Waals surface area contributed by atoms with Crippen LogP contribution in [0.5, 0.6) is 11.5 Å². The van der Waals surface area contributed by atoms with Gasteiger partial charge in [0.2, 0.25) is 0 Å². The average molecular weight is 308 g/mol. The molecule has 23 heavy (non-hydrogen) atoms. The number of hydrogen-bond donors (Lipinski definition) is 0. The minimum atomic E-state index is -0.0946. The largest absolute Gasteiger partial charge is 0.486 e. The molecule has 0 unspecified atom stereocenters. The predicted molar refractivity (Wildman–Crippen MR) is 88.1 cm³/mol. The number of aryl methyl sites for hydroxylation is 1. The minimum Gasteiger partial charge on any atom is -0.486 e. The third-order valence-electron chi connectivity index (χ3n) is 3.98. The Labute approximate surface area is 133 Å². The molecule has 1 aliphatic rings. The summed E-state index contributed by atoms with van der Waals surface area (Å²) in [5.41, 5.74) is 2.73. The monoisotopic (exact) mass is 308 g/mol. The van der Waals surface area contributed by atoms with Crippen LogP contribution in [0.2, 0.25) is 0 Å². The lowest BCUT2D eigenvalue weighted by atomic mass is 10.1. The maximum atomic E-state index is 12.8. The number of ether oxygens (including phenoxy) is 2. The first-order valence-corrected chi connectivity index (χ1v) is 7.67. The summed E-state index contributed by atoms with van der Waals surface area (Å²) in [7, 11) is 0. The molecule has 4 rings (SSSR count). The maximum absolute atomic E-state index is 12.8. The van der Waals surface area contributed by atoms with Gasteiger partial charge in [0.15, 0.2) is 11.5 Å². The Kier molecular flexibility index (Phi) is 3.26. The summed E-state index contributed by atoms with van der Waals surface area (Å²) in [6.07, 6.45) is 0. The first kappa shape index (κ1) is 13.8. The number of hydrogen-bond acceptors (Lipinski definition) is 4. The van der Waals surface area contributed by atoms with Crippen LogP contribution in [-0.4, -0.2) is 22.8 Å². The fourth-order valence-corrected chi connectivity index (χ4v) is 2.89. The van der Waals surface area contributed by atoms with E-state index in [4.69, 9.17) is 9.47 Å². The van der Waals surface area contributed by atoms with Crippen LogP contribution in [0.3, 0.4) is 0 Å². The SMILES string of the molecule is CCn1c(=O)c(-c2ccc3c(c2)OCCO3)nc2ccccc21. The molecule has 5 heteroatoms. The topological polar surface area (TPSA) is 53.4 Å². The van der Waals surface area contributed by atoms with Gasteiger partial charge in [-0.05, 0) is 37.3 Å². The Bertz CT molecular complexity index is 947. The van der Waals surface area contributed by atoms with E-state index < -0.39 is 0 Å². The third kappa shape index (κ3) is 2.25. The molecule has 116 valence electrons. The van der Waals surface area contributed by atoms with E-state index >= 15 is 0 Å². The fraction of sp³-hybridized carbons (Fsp3) is 0.222. The van der Waals surface area contributed by atoms with Crippen LogP contribution in [0.15, 0.2) is 47.3 Å². The van der Waals surface area contributed by atoms with Crippen molar-refractivity contribution >= 4 is 11.0 Å². The summed E-state index contributed by atoms with van der Waals surface area (Å²) in [4.78, 5) is 17.4. The van der Waals surface area contributed by atoms with Crippen molar-refractivity contribution in [3.8, 4) is 22.8 Å². The van der Waals surface area contributed by atoms with Crippen LogP contribution in [-0.2, 0) is 6.54 Å². The Morgan fingerprint density at radius 1 is 1.09 bits per heavy atom. The van der Waals surface area contributed by atoms with Crippen LogP contribution in [0.25, 0.3) is 22.3 Å². The van der Waals surface area contributed by atoms with Crippen LogP contribution in [0, 0.1) is 0 Å². The van der Waals surface area contributed by atoms with Gasteiger partial charge in [0.05, 0.1) is 11.0 Å². The van der Waals surface area contributed by atoms with Gasteiger partial charge in [0, 0.05) is 12.1 Å². The molecule has 0 bridgehead atoms. The summed E-state index contributed by atoms with van der Waals surface area (Å²) in [5.74, 6) is 1.36. The van der Waals surface area contributed by atoms with Gasteiger partial charge in [-0.3, -0.25) is 4.79 Å². The van der Waals surface area contributed by atoms with Crippen molar-refractivity contribution in [2.45, 2.75) is 13.5 Å². The highest BCUT2D eigenvalue weighted by Crippen LogP contribution is 2.33. The second-order valence-corrected chi connectivity index (χ2v) is 5.36. The van der Waals surface area contributed by atoms with Gasteiger partial charge in [-0.1, -0.05) is 12.1 Å². The van der Waals surface area contributed by atoms with Crippen molar-refractivity contribution in [1.82, 2.24) is 9.55 Å². The van der Waals surface area contributed by atoms with Crippen molar-refractivity contribution < 1.29 is 9.47 Å². The van der Waals surface area contributed by atoms with Crippen LogP contribution < -0.4 is 15.0 Å². The average Bonchev–Trinajstić information content (AvgIpc) is 2.61. The van der Waals surface area contributed by atoms with Crippen molar-refractivity contribution in [3.05, 3.63) is 52.8 Å². The molecule has 1 aromatic heterocycles. The Balaban J connectivity index is 1.95. The van der Waals surface area contributed by atoms with E-state index in [-0.39, 0.29) is 5.56 Å². The van der Waals surface area contributed by atoms with E-state index in [2.05, 4.69) is 4.98 Å². The zero-order valence-corrected chi connectivity index (χ0v) is 12.8. The Hall–Kier alpha value is -2.82. The Morgan fingerprint density at radius 2 is 1.87 bits per heavy atom. The predicted octanol–water partition coefficient (Wildman–Crippen LogP) is 2.85. The van der Waals surface area contributed by atoms with Crippen molar-refractivity contribution in [2.24, 2.45) is 0 Å². The summed E-state index contributed by atoms with van der Waals surface area (Å²) in [6, 6.07) is 13.2. The molecule has 1 aliphatic heterocycles. The lowest BCUT2D eigenvalue weighted by Crippen LogP contribution is -2.23. The molecule has 0 amide bonds. The van der Waals surface area contributed by atoms with Gasteiger partial charge < -0.3 is 14.0 Å². The quantitative estimate of drug-likeness (QED) is 0.730. The van der Waals surface area contributed by atoms with E-state index in [0.29, 0.717) is 37.0 Å². The highest BCUT2D eigenvalue weighted by Gasteiger charge is 2.16. The number of aromatic nitrogens is 2. The number of benzene rings is 2. The van der Waals surface area contributed by atoms with Crippen molar-refractivity contribution in [2.75, 3.05) is 13.2 Å². The molecule has 0 saturated heterocycles. The van der Waals surface area contributed by atoms with E-state index in [0.717, 1.165) is 16.6 Å². The van der Waals surface area contributed by atoms with Gasteiger partial charge in [-0.15, -0.1) is 0 Å². The summed E-state index contributed by atoms with van der Waals surface area (Å²) in [5, 5.41) is 0. The smallest absolute Gasteiger partial charge is 0.277 e. The normalized spacial score (nSPS) is 13.3. The zero-order valence-electron chi connectivity index (χ0n) is 12.8. The molecule has 0 aliphatic carbocycles. The highest BCUT2D eigenvalue weighted by atomic mass is 16.6. The van der Waals surface area contributed by atoms with Gasteiger partial charge in [0.1, 0.15) is 18.9 Å².